The standard InChI is InChI=1S/C23H20ClN5O3S/c1-13-10-19-20(28-29(27-19)15-5-7-16(31-2)8-6-15)12-18(13)25-23(33)26-22(30)14-4-9-21(32-3)17(24)11-14/h4-12H,1-3H3,(H2,25,26,30,33). The normalized spacial score (nSPS) is 10.7. The van der Waals surface area contributed by atoms with Crippen LogP contribution in [0.3, 0.4) is 0 Å². The summed E-state index contributed by atoms with van der Waals surface area (Å²) in [5.41, 5.74) is 4.18. The van der Waals surface area contributed by atoms with Gasteiger partial charge in [-0.2, -0.15) is 4.80 Å². The largest absolute Gasteiger partial charge is 0.497 e. The van der Waals surface area contributed by atoms with Gasteiger partial charge in [-0.05, 0) is 79.3 Å². The molecule has 33 heavy (non-hydrogen) atoms. The maximum atomic E-state index is 12.5. The van der Waals surface area contributed by atoms with Crippen molar-refractivity contribution in [3.8, 4) is 17.2 Å². The van der Waals surface area contributed by atoms with Crippen molar-refractivity contribution in [1.29, 1.82) is 0 Å². The summed E-state index contributed by atoms with van der Waals surface area (Å²) in [6.07, 6.45) is 0. The van der Waals surface area contributed by atoms with Gasteiger partial charge in [0.25, 0.3) is 5.91 Å². The second-order valence-electron chi connectivity index (χ2n) is 7.10. The number of aromatic nitrogens is 3. The predicted molar refractivity (Wildman–Crippen MR) is 132 cm³/mol. The van der Waals surface area contributed by atoms with Gasteiger partial charge in [0.2, 0.25) is 0 Å². The highest BCUT2D eigenvalue weighted by molar-refractivity contribution is 7.80. The number of hydrogen-bond acceptors (Lipinski definition) is 6. The molecule has 0 bridgehead atoms. The van der Waals surface area contributed by atoms with Gasteiger partial charge in [0, 0.05) is 11.3 Å². The van der Waals surface area contributed by atoms with Gasteiger partial charge < -0.3 is 14.8 Å². The molecule has 0 saturated heterocycles. The molecule has 3 aromatic carbocycles. The minimum absolute atomic E-state index is 0.150. The highest BCUT2D eigenvalue weighted by Gasteiger charge is 2.13. The van der Waals surface area contributed by atoms with Crippen molar-refractivity contribution in [2.24, 2.45) is 0 Å². The first-order valence-corrected chi connectivity index (χ1v) is 10.6. The topological polar surface area (TPSA) is 90.3 Å². The van der Waals surface area contributed by atoms with E-state index >= 15 is 0 Å². The van der Waals surface area contributed by atoms with Crippen LogP contribution >= 0.6 is 23.8 Å². The van der Waals surface area contributed by atoms with Crippen molar-refractivity contribution in [3.63, 3.8) is 0 Å². The Morgan fingerprint density at radius 3 is 2.33 bits per heavy atom. The third-order valence-electron chi connectivity index (χ3n) is 4.92. The van der Waals surface area contributed by atoms with Gasteiger partial charge >= 0.3 is 0 Å². The number of nitrogens with zero attached hydrogens (tertiary/aromatic N) is 3. The van der Waals surface area contributed by atoms with Crippen molar-refractivity contribution < 1.29 is 14.3 Å². The predicted octanol–water partition coefficient (Wildman–Crippen LogP) is 4.53. The van der Waals surface area contributed by atoms with Crippen molar-refractivity contribution in [2.75, 3.05) is 19.5 Å². The average molecular weight is 482 g/mol. The highest BCUT2D eigenvalue weighted by atomic mass is 35.5. The second kappa shape index (κ2) is 9.43. The van der Waals surface area contributed by atoms with E-state index in [-0.39, 0.29) is 11.0 Å². The Morgan fingerprint density at radius 1 is 1.00 bits per heavy atom. The molecule has 0 fully saturated rings. The van der Waals surface area contributed by atoms with E-state index in [1.165, 1.54) is 13.2 Å². The first kappa shape index (κ1) is 22.5. The van der Waals surface area contributed by atoms with Crippen molar-refractivity contribution in [3.05, 3.63) is 70.7 Å². The molecular formula is C23H20ClN5O3S. The Bertz CT molecular complexity index is 1350. The van der Waals surface area contributed by atoms with E-state index in [0.29, 0.717) is 27.5 Å². The molecule has 0 spiro atoms. The van der Waals surface area contributed by atoms with E-state index in [1.807, 2.05) is 43.3 Å². The van der Waals surface area contributed by atoms with Gasteiger partial charge in [-0.15, -0.1) is 10.2 Å². The monoisotopic (exact) mass is 481 g/mol. The number of hydrogen-bond donors (Lipinski definition) is 2. The first-order valence-electron chi connectivity index (χ1n) is 9.86. The molecule has 0 aliphatic heterocycles. The summed E-state index contributed by atoms with van der Waals surface area (Å²) in [7, 11) is 3.13. The van der Waals surface area contributed by atoms with Crippen LogP contribution in [0.5, 0.6) is 11.5 Å². The molecular weight excluding hydrogens is 462 g/mol. The maximum absolute atomic E-state index is 12.5. The second-order valence-corrected chi connectivity index (χ2v) is 7.92. The zero-order valence-corrected chi connectivity index (χ0v) is 19.6. The molecule has 8 nitrogen and oxygen atoms in total. The number of methoxy groups -OCH3 is 2. The van der Waals surface area contributed by atoms with Gasteiger partial charge in [0.1, 0.15) is 22.5 Å². The van der Waals surface area contributed by atoms with E-state index in [4.69, 9.17) is 33.3 Å². The molecule has 0 saturated carbocycles. The Morgan fingerprint density at radius 2 is 1.70 bits per heavy atom. The molecule has 0 aliphatic carbocycles. The van der Waals surface area contributed by atoms with E-state index in [0.717, 1.165) is 22.5 Å². The van der Waals surface area contributed by atoms with Gasteiger partial charge in [-0.1, -0.05) is 11.6 Å². The molecule has 1 amide bonds. The summed E-state index contributed by atoms with van der Waals surface area (Å²) in [4.78, 5) is 14.1. The molecule has 168 valence electrons. The fourth-order valence-electron chi connectivity index (χ4n) is 3.17. The van der Waals surface area contributed by atoms with Crippen LogP contribution in [-0.2, 0) is 0 Å². The summed E-state index contributed by atoms with van der Waals surface area (Å²) in [5.74, 6) is 0.854. The third kappa shape index (κ3) is 4.89. The van der Waals surface area contributed by atoms with Crippen LogP contribution in [0.1, 0.15) is 15.9 Å². The fraction of sp³-hybridized carbons (Fsp3) is 0.130. The summed E-state index contributed by atoms with van der Waals surface area (Å²) >= 11 is 11.4. The van der Waals surface area contributed by atoms with Gasteiger partial charge in [-0.3, -0.25) is 10.1 Å². The lowest BCUT2D eigenvalue weighted by Gasteiger charge is -2.12. The summed E-state index contributed by atoms with van der Waals surface area (Å²) < 4.78 is 10.3. The number of fused-ring (bicyclic) bond motifs is 1. The zero-order chi connectivity index (χ0) is 23.5. The van der Waals surface area contributed by atoms with Crippen LogP contribution in [-0.4, -0.2) is 40.2 Å². The van der Waals surface area contributed by atoms with Crippen LogP contribution in [0.25, 0.3) is 16.7 Å². The van der Waals surface area contributed by atoms with Gasteiger partial charge in [0.05, 0.1) is 24.9 Å². The third-order valence-corrected chi connectivity index (χ3v) is 5.42. The fourth-order valence-corrected chi connectivity index (χ4v) is 3.63. The minimum Gasteiger partial charge on any atom is -0.497 e. The molecule has 1 heterocycles. The van der Waals surface area contributed by atoms with E-state index in [1.54, 1.807) is 24.0 Å². The van der Waals surface area contributed by atoms with Crippen molar-refractivity contribution in [2.45, 2.75) is 6.92 Å². The average Bonchev–Trinajstić information content (AvgIpc) is 3.21. The number of amides is 1. The number of carbonyl (C=O) groups is 1. The molecule has 0 unspecified atom stereocenters. The Kier molecular flexibility index (Phi) is 6.43. The molecule has 10 heteroatoms. The number of halogens is 1. The summed E-state index contributed by atoms with van der Waals surface area (Å²) in [6.45, 7) is 1.92. The van der Waals surface area contributed by atoms with Gasteiger partial charge in [0.15, 0.2) is 5.11 Å². The maximum Gasteiger partial charge on any atom is 0.257 e. The smallest absolute Gasteiger partial charge is 0.257 e. The molecule has 4 rings (SSSR count). The number of carbonyl (C=O) groups excluding carboxylic acids is 1. The van der Waals surface area contributed by atoms with Crippen molar-refractivity contribution >= 4 is 51.6 Å². The van der Waals surface area contributed by atoms with Crippen LogP contribution in [0, 0.1) is 6.92 Å². The number of aryl methyl sites for hydroxylation is 1. The van der Waals surface area contributed by atoms with Crippen LogP contribution in [0.15, 0.2) is 54.6 Å². The number of benzene rings is 3. The molecule has 0 radical (unpaired) electrons. The quantitative estimate of drug-likeness (QED) is 0.405. The lowest BCUT2D eigenvalue weighted by Crippen LogP contribution is -2.34. The van der Waals surface area contributed by atoms with E-state index in [9.17, 15) is 4.79 Å². The number of nitrogens with one attached hydrogen (secondary N) is 2. The number of anilines is 1. The van der Waals surface area contributed by atoms with Crippen LogP contribution < -0.4 is 20.1 Å². The van der Waals surface area contributed by atoms with Crippen LogP contribution in [0.4, 0.5) is 5.69 Å². The molecule has 0 aliphatic rings. The highest BCUT2D eigenvalue weighted by Crippen LogP contribution is 2.25. The summed E-state index contributed by atoms with van der Waals surface area (Å²) in [5, 5.41) is 15.3. The van der Waals surface area contributed by atoms with Crippen LogP contribution in [0.2, 0.25) is 5.02 Å². The zero-order valence-electron chi connectivity index (χ0n) is 18.0. The van der Waals surface area contributed by atoms with Gasteiger partial charge in [-0.25, -0.2) is 0 Å². The molecule has 1 aromatic heterocycles. The molecule has 4 aromatic rings. The molecule has 0 atom stereocenters. The van der Waals surface area contributed by atoms with E-state index < -0.39 is 0 Å². The Labute approximate surface area is 200 Å². The van der Waals surface area contributed by atoms with E-state index in [2.05, 4.69) is 20.8 Å². The number of ether oxygens (including phenoxy) is 2. The Balaban J connectivity index is 1.50. The number of thiocarbonyl (C=S) groups is 1. The molecule has 2 N–H and O–H groups in total. The lowest BCUT2D eigenvalue weighted by atomic mass is 10.2. The SMILES string of the molecule is COc1ccc(-n2nc3cc(C)c(NC(=S)NC(=O)c4ccc(OC)c(Cl)c4)cc3n2)cc1. The minimum atomic E-state index is -0.388. The lowest BCUT2D eigenvalue weighted by molar-refractivity contribution is 0.0977. The number of rotatable bonds is 5. The first-order chi connectivity index (χ1) is 15.9. The van der Waals surface area contributed by atoms with Crippen molar-refractivity contribution in [1.82, 2.24) is 20.3 Å². The summed E-state index contributed by atoms with van der Waals surface area (Å²) in [6, 6.07) is 15.9. The Hall–Kier alpha value is -3.69.